The molecule has 1 atom stereocenters. The highest BCUT2D eigenvalue weighted by Crippen LogP contribution is 2.28. The third-order valence-electron chi connectivity index (χ3n) is 3.19. The van der Waals surface area contributed by atoms with Gasteiger partial charge in [-0.25, -0.2) is 0 Å². The van der Waals surface area contributed by atoms with Crippen molar-refractivity contribution in [3.63, 3.8) is 0 Å². The molecule has 18 heavy (non-hydrogen) atoms. The van der Waals surface area contributed by atoms with E-state index in [0.717, 1.165) is 25.2 Å². The minimum atomic E-state index is 0.180. The Kier molecular flexibility index (Phi) is 5.95. The summed E-state index contributed by atoms with van der Waals surface area (Å²) >= 11 is 0. The van der Waals surface area contributed by atoms with Crippen LogP contribution in [0, 0.1) is 0 Å². The summed E-state index contributed by atoms with van der Waals surface area (Å²) in [6.45, 7) is 7.28. The lowest BCUT2D eigenvalue weighted by molar-refractivity contribution is 0.341. The number of nitrogens with zero attached hydrogens (tertiary/aromatic N) is 1. The van der Waals surface area contributed by atoms with Crippen LogP contribution in [0.2, 0.25) is 0 Å². The van der Waals surface area contributed by atoms with Crippen molar-refractivity contribution in [1.82, 2.24) is 10.2 Å². The van der Waals surface area contributed by atoms with E-state index in [1.54, 1.807) is 13.2 Å². The predicted octanol–water partition coefficient (Wildman–Crippen LogP) is 2.00. The lowest BCUT2D eigenvalue weighted by Crippen LogP contribution is -2.30. The second-order valence-electron chi connectivity index (χ2n) is 4.50. The van der Waals surface area contributed by atoms with Crippen LogP contribution in [0.3, 0.4) is 0 Å². The summed E-state index contributed by atoms with van der Waals surface area (Å²) in [5.41, 5.74) is 1.11. The van der Waals surface area contributed by atoms with Crippen molar-refractivity contribution in [1.29, 1.82) is 0 Å². The average molecular weight is 252 g/mol. The quantitative estimate of drug-likeness (QED) is 0.779. The van der Waals surface area contributed by atoms with Crippen LogP contribution in [0.4, 0.5) is 0 Å². The number of rotatable bonds is 7. The molecule has 2 N–H and O–H groups in total. The van der Waals surface area contributed by atoms with Crippen LogP contribution in [0.1, 0.15) is 25.5 Å². The number of hydrogen-bond donors (Lipinski definition) is 2. The molecule has 0 aliphatic rings. The molecule has 0 radical (unpaired) electrons. The van der Waals surface area contributed by atoms with Gasteiger partial charge in [0.1, 0.15) is 0 Å². The van der Waals surface area contributed by atoms with Crippen molar-refractivity contribution in [2.45, 2.75) is 19.9 Å². The first-order valence-corrected chi connectivity index (χ1v) is 6.37. The first-order chi connectivity index (χ1) is 8.58. The molecule has 0 aromatic heterocycles. The van der Waals surface area contributed by atoms with Crippen LogP contribution >= 0.6 is 0 Å². The zero-order chi connectivity index (χ0) is 13.5. The molecule has 0 spiro atoms. The fraction of sp³-hybridized carbons (Fsp3) is 0.571. The minimum Gasteiger partial charge on any atom is -0.504 e. The van der Waals surface area contributed by atoms with E-state index in [1.807, 2.05) is 12.1 Å². The van der Waals surface area contributed by atoms with Crippen LogP contribution in [-0.4, -0.2) is 43.8 Å². The Labute approximate surface area is 110 Å². The Morgan fingerprint density at radius 2 is 2.17 bits per heavy atom. The standard InChI is InChI=1S/C14H24N2O2/c1-5-16(3)9-8-15-11(2)12-6-7-13(17)14(10-12)18-4/h6-7,10-11,15,17H,5,8-9H2,1-4H3. The molecule has 4 heteroatoms. The molecule has 1 unspecified atom stereocenters. The van der Waals surface area contributed by atoms with Gasteiger partial charge in [-0.1, -0.05) is 13.0 Å². The largest absolute Gasteiger partial charge is 0.504 e. The summed E-state index contributed by atoms with van der Waals surface area (Å²) in [4.78, 5) is 2.26. The van der Waals surface area contributed by atoms with Crippen molar-refractivity contribution < 1.29 is 9.84 Å². The Bertz CT molecular complexity index is 369. The molecule has 0 bridgehead atoms. The molecule has 0 aliphatic heterocycles. The Balaban J connectivity index is 2.53. The predicted molar refractivity (Wildman–Crippen MR) is 74.2 cm³/mol. The molecule has 0 saturated heterocycles. The van der Waals surface area contributed by atoms with Gasteiger partial charge >= 0.3 is 0 Å². The van der Waals surface area contributed by atoms with Crippen molar-refractivity contribution >= 4 is 0 Å². The van der Waals surface area contributed by atoms with Crippen LogP contribution in [0.15, 0.2) is 18.2 Å². The molecule has 0 amide bonds. The summed E-state index contributed by atoms with van der Waals surface area (Å²) in [6.07, 6.45) is 0. The minimum absolute atomic E-state index is 0.180. The van der Waals surface area contributed by atoms with E-state index < -0.39 is 0 Å². The molecular weight excluding hydrogens is 228 g/mol. The van der Waals surface area contributed by atoms with Crippen LogP contribution in [0.25, 0.3) is 0 Å². The van der Waals surface area contributed by atoms with E-state index in [2.05, 4.69) is 31.1 Å². The van der Waals surface area contributed by atoms with Gasteiger partial charge in [0, 0.05) is 19.1 Å². The van der Waals surface area contributed by atoms with Gasteiger partial charge in [-0.3, -0.25) is 0 Å². The topological polar surface area (TPSA) is 44.7 Å². The number of ether oxygens (including phenoxy) is 1. The van der Waals surface area contributed by atoms with Gasteiger partial charge in [-0.15, -0.1) is 0 Å². The number of phenols is 1. The van der Waals surface area contributed by atoms with E-state index >= 15 is 0 Å². The molecule has 102 valence electrons. The van der Waals surface area contributed by atoms with Crippen molar-refractivity contribution in [2.75, 3.05) is 33.8 Å². The van der Waals surface area contributed by atoms with Crippen molar-refractivity contribution in [3.8, 4) is 11.5 Å². The molecule has 1 aromatic rings. The lowest BCUT2D eigenvalue weighted by atomic mass is 10.1. The van der Waals surface area contributed by atoms with Gasteiger partial charge in [0.15, 0.2) is 11.5 Å². The average Bonchev–Trinajstić information content (AvgIpc) is 2.38. The van der Waals surface area contributed by atoms with Gasteiger partial charge in [-0.2, -0.15) is 0 Å². The second kappa shape index (κ2) is 7.24. The summed E-state index contributed by atoms with van der Waals surface area (Å²) in [7, 11) is 3.67. The van der Waals surface area contributed by atoms with Gasteiger partial charge in [0.05, 0.1) is 7.11 Å². The third-order valence-corrected chi connectivity index (χ3v) is 3.19. The molecule has 1 aromatic carbocycles. The van der Waals surface area contributed by atoms with Crippen molar-refractivity contribution in [2.24, 2.45) is 0 Å². The maximum Gasteiger partial charge on any atom is 0.160 e. The molecule has 0 saturated carbocycles. The summed E-state index contributed by atoms with van der Waals surface area (Å²) in [5, 5.41) is 13.0. The van der Waals surface area contributed by atoms with E-state index in [-0.39, 0.29) is 11.8 Å². The number of phenolic OH excluding ortho intramolecular Hbond substituents is 1. The third kappa shape index (κ3) is 4.20. The molecule has 0 aliphatic carbocycles. The van der Waals surface area contributed by atoms with E-state index in [9.17, 15) is 5.11 Å². The zero-order valence-electron chi connectivity index (χ0n) is 11.7. The summed E-state index contributed by atoms with van der Waals surface area (Å²) in [6, 6.07) is 5.70. The number of nitrogens with one attached hydrogen (secondary N) is 1. The Morgan fingerprint density at radius 3 is 2.78 bits per heavy atom. The maximum absolute atomic E-state index is 9.55. The fourth-order valence-electron chi connectivity index (χ4n) is 1.71. The van der Waals surface area contributed by atoms with E-state index in [1.165, 1.54) is 0 Å². The van der Waals surface area contributed by atoms with Gasteiger partial charge < -0.3 is 20.1 Å². The summed E-state index contributed by atoms with van der Waals surface area (Å²) < 4.78 is 5.11. The van der Waals surface area contributed by atoms with Gasteiger partial charge in [0.25, 0.3) is 0 Å². The van der Waals surface area contributed by atoms with Crippen LogP contribution < -0.4 is 10.1 Å². The lowest BCUT2D eigenvalue weighted by Gasteiger charge is -2.18. The summed E-state index contributed by atoms with van der Waals surface area (Å²) in [5.74, 6) is 0.700. The molecule has 1 rings (SSSR count). The second-order valence-corrected chi connectivity index (χ2v) is 4.50. The smallest absolute Gasteiger partial charge is 0.160 e. The molecule has 4 nitrogen and oxygen atoms in total. The van der Waals surface area contributed by atoms with E-state index in [0.29, 0.717) is 5.75 Å². The number of hydrogen-bond acceptors (Lipinski definition) is 4. The number of benzene rings is 1. The van der Waals surface area contributed by atoms with Crippen molar-refractivity contribution in [3.05, 3.63) is 23.8 Å². The van der Waals surface area contributed by atoms with Crippen LogP contribution in [0.5, 0.6) is 11.5 Å². The highest BCUT2D eigenvalue weighted by atomic mass is 16.5. The number of methoxy groups -OCH3 is 1. The molecule has 0 heterocycles. The maximum atomic E-state index is 9.55. The van der Waals surface area contributed by atoms with Crippen LogP contribution in [-0.2, 0) is 0 Å². The number of likely N-dealkylation sites (N-methyl/N-ethyl adjacent to an activating group) is 1. The fourth-order valence-corrected chi connectivity index (χ4v) is 1.71. The normalized spacial score (nSPS) is 12.7. The number of aromatic hydroxyl groups is 1. The zero-order valence-corrected chi connectivity index (χ0v) is 11.7. The Hall–Kier alpha value is -1.26. The highest BCUT2D eigenvalue weighted by Gasteiger charge is 2.08. The van der Waals surface area contributed by atoms with E-state index in [4.69, 9.17) is 4.74 Å². The molecular formula is C14H24N2O2. The Morgan fingerprint density at radius 1 is 1.44 bits per heavy atom. The highest BCUT2D eigenvalue weighted by molar-refractivity contribution is 5.42. The molecule has 0 fully saturated rings. The first-order valence-electron chi connectivity index (χ1n) is 6.37. The monoisotopic (exact) mass is 252 g/mol. The van der Waals surface area contributed by atoms with Gasteiger partial charge in [0.2, 0.25) is 0 Å². The SMILES string of the molecule is CCN(C)CCNC(C)c1ccc(O)c(OC)c1. The first kappa shape index (κ1) is 14.8. The van der Waals surface area contributed by atoms with Gasteiger partial charge in [-0.05, 0) is 38.2 Å².